The van der Waals surface area contributed by atoms with Crippen LogP contribution in [-0.2, 0) is 13.1 Å². The summed E-state index contributed by atoms with van der Waals surface area (Å²) in [5, 5.41) is 0. The Morgan fingerprint density at radius 2 is 1.32 bits per heavy atom. The number of nitrogens with zero attached hydrogens (tertiary/aromatic N) is 5. The fraction of sp³-hybridized carbons (Fsp3) is 0.333. The molecule has 0 N–H and O–H groups in total. The third-order valence-electron chi connectivity index (χ3n) is 2.06. The molecule has 22 heavy (non-hydrogen) atoms. The second-order valence-corrected chi connectivity index (χ2v) is 6.04. The molecule has 0 fully saturated rings. The second kappa shape index (κ2) is 11.3. The van der Waals surface area contributed by atoms with Crippen molar-refractivity contribution in [1.29, 1.82) is 0 Å². The molecule has 0 aromatic carbocycles. The van der Waals surface area contributed by atoms with Gasteiger partial charge in [0.05, 0.1) is 0 Å². The van der Waals surface area contributed by atoms with Gasteiger partial charge in [-0.2, -0.15) is 0 Å². The molecule has 0 saturated heterocycles. The summed E-state index contributed by atoms with van der Waals surface area (Å²) < 4.78 is 0. The summed E-state index contributed by atoms with van der Waals surface area (Å²) >= 11 is 0.194. The van der Waals surface area contributed by atoms with Crippen LogP contribution in [0.15, 0.2) is 22.1 Å². The molecule has 0 saturated carbocycles. The Labute approximate surface area is 144 Å². The number of urea groups is 2. The molecular weight excluding hydrogens is 373 g/mol. The molecule has 0 bridgehead atoms. The summed E-state index contributed by atoms with van der Waals surface area (Å²) in [5.74, 6) is 0. The SMILES string of the molecule is CN(C)C(=O)/N=C/c1ccc(/C=N/C(=O)N(C)C)[n-]1.[Cl][Fe+][Cl]. The predicted octanol–water partition coefficient (Wildman–Crippen LogP) is 2.22. The molecule has 10 heteroatoms. The van der Waals surface area contributed by atoms with E-state index in [1.165, 1.54) is 22.2 Å². The van der Waals surface area contributed by atoms with Crippen LogP contribution >= 0.6 is 20.2 Å². The van der Waals surface area contributed by atoms with Crippen molar-refractivity contribution in [1.82, 2.24) is 14.8 Å². The Balaban J connectivity index is 0.00000135. The molecule has 7 nitrogen and oxygen atoms in total. The van der Waals surface area contributed by atoms with Gasteiger partial charge >= 0.3 is 45.4 Å². The van der Waals surface area contributed by atoms with E-state index < -0.39 is 0 Å². The van der Waals surface area contributed by atoms with Crippen molar-refractivity contribution < 1.29 is 22.7 Å². The van der Waals surface area contributed by atoms with Gasteiger partial charge in [-0.25, -0.2) is 19.6 Å². The Bertz CT molecular complexity index is 499. The maximum atomic E-state index is 11.2. The minimum absolute atomic E-state index is 0.194. The van der Waals surface area contributed by atoms with Gasteiger partial charge in [0.15, 0.2) is 0 Å². The Morgan fingerprint density at radius 3 is 1.59 bits per heavy atom. The Kier molecular flexibility index (Phi) is 10.6. The van der Waals surface area contributed by atoms with Gasteiger partial charge in [0.1, 0.15) is 0 Å². The van der Waals surface area contributed by atoms with E-state index in [4.69, 9.17) is 20.2 Å². The van der Waals surface area contributed by atoms with Crippen LogP contribution in [0, 0.1) is 0 Å². The maximum absolute atomic E-state index is 11.2. The fourth-order valence-electron chi connectivity index (χ4n) is 1.01. The molecule has 0 radical (unpaired) electrons. The number of carbonyl (C=O) groups is 2. The molecule has 4 amide bonds. The molecule has 0 spiro atoms. The van der Waals surface area contributed by atoms with Crippen LogP contribution in [-0.4, -0.2) is 62.5 Å². The Morgan fingerprint density at radius 1 is 1.00 bits per heavy atom. The summed E-state index contributed by atoms with van der Waals surface area (Å²) in [7, 11) is 16.0. The van der Waals surface area contributed by atoms with E-state index in [0.717, 1.165) is 0 Å². The molecule has 0 aliphatic heterocycles. The van der Waals surface area contributed by atoms with Crippen LogP contribution in [0.2, 0.25) is 0 Å². The van der Waals surface area contributed by atoms with Crippen molar-refractivity contribution in [2.45, 2.75) is 0 Å². The minimum atomic E-state index is -0.360. The zero-order valence-electron chi connectivity index (χ0n) is 12.5. The summed E-state index contributed by atoms with van der Waals surface area (Å²) in [5.41, 5.74) is 1.07. The first-order valence-electron chi connectivity index (χ1n) is 5.81. The summed E-state index contributed by atoms with van der Waals surface area (Å²) in [6.07, 6.45) is 2.74. The van der Waals surface area contributed by atoms with Crippen molar-refractivity contribution >= 4 is 44.7 Å². The van der Waals surface area contributed by atoms with Crippen LogP contribution < -0.4 is 4.98 Å². The first-order valence-corrected chi connectivity index (χ1v) is 8.85. The summed E-state index contributed by atoms with van der Waals surface area (Å²) in [4.78, 5) is 36.7. The van der Waals surface area contributed by atoms with Crippen molar-refractivity contribution in [2.24, 2.45) is 9.98 Å². The van der Waals surface area contributed by atoms with Gasteiger partial charge in [-0.3, -0.25) is 0 Å². The van der Waals surface area contributed by atoms with Crippen LogP contribution in [0.4, 0.5) is 9.59 Å². The zero-order chi connectivity index (χ0) is 17.1. The molecular formula is C12H16Cl2FeN5O2. The van der Waals surface area contributed by atoms with Gasteiger partial charge < -0.3 is 14.8 Å². The number of aliphatic imine (C=N–C) groups is 2. The first kappa shape index (κ1) is 20.7. The number of hydrogen-bond donors (Lipinski definition) is 0. The molecule has 1 rings (SSSR count). The van der Waals surface area contributed by atoms with E-state index in [1.54, 1.807) is 40.3 Å². The van der Waals surface area contributed by atoms with Gasteiger partial charge in [0, 0.05) is 40.6 Å². The van der Waals surface area contributed by atoms with Crippen LogP contribution in [0.5, 0.6) is 0 Å². The summed E-state index contributed by atoms with van der Waals surface area (Å²) in [6.45, 7) is 0. The van der Waals surface area contributed by atoms with Crippen molar-refractivity contribution in [3.8, 4) is 0 Å². The van der Waals surface area contributed by atoms with E-state index in [2.05, 4.69) is 15.0 Å². The van der Waals surface area contributed by atoms with Crippen LogP contribution in [0.3, 0.4) is 0 Å². The predicted molar refractivity (Wildman–Crippen MR) is 84.8 cm³/mol. The topological polar surface area (TPSA) is 79.4 Å². The van der Waals surface area contributed by atoms with Crippen LogP contribution in [0.25, 0.3) is 0 Å². The number of carbonyl (C=O) groups excluding carboxylic acids is 2. The van der Waals surface area contributed by atoms with E-state index >= 15 is 0 Å². The second-order valence-electron chi connectivity index (χ2n) is 4.22. The van der Waals surface area contributed by atoms with Gasteiger partial charge in [-0.05, 0) is 0 Å². The average Bonchev–Trinajstić information content (AvgIpc) is 2.90. The molecule has 1 aromatic heterocycles. The zero-order valence-corrected chi connectivity index (χ0v) is 15.1. The van der Waals surface area contributed by atoms with E-state index in [9.17, 15) is 9.59 Å². The summed E-state index contributed by atoms with van der Waals surface area (Å²) in [6, 6.07) is 2.66. The van der Waals surface area contributed by atoms with E-state index in [-0.39, 0.29) is 25.2 Å². The van der Waals surface area contributed by atoms with Crippen molar-refractivity contribution in [3.63, 3.8) is 0 Å². The van der Waals surface area contributed by atoms with Gasteiger partial charge in [-0.1, -0.05) is 12.1 Å². The van der Waals surface area contributed by atoms with Gasteiger partial charge in [-0.15, -0.1) is 11.4 Å². The fourth-order valence-corrected chi connectivity index (χ4v) is 1.01. The number of rotatable bonds is 2. The van der Waals surface area contributed by atoms with E-state index in [1.807, 2.05) is 0 Å². The number of halogens is 2. The van der Waals surface area contributed by atoms with Crippen molar-refractivity contribution in [3.05, 3.63) is 23.5 Å². The monoisotopic (exact) mass is 388 g/mol. The molecule has 0 aliphatic rings. The first-order chi connectivity index (χ1) is 10.3. The van der Waals surface area contributed by atoms with Gasteiger partial charge in [0.25, 0.3) is 0 Å². The van der Waals surface area contributed by atoms with Crippen molar-refractivity contribution in [2.75, 3.05) is 28.2 Å². The third-order valence-corrected chi connectivity index (χ3v) is 2.06. The molecule has 1 heterocycles. The average molecular weight is 389 g/mol. The molecule has 0 atom stereocenters. The number of hydrogen-bond acceptors (Lipinski definition) is 2. The normalized spacial score (nSPS) is 10.5. The third kappa shape index (κ3) is 8.84. The molecule has 0 aliphatic carbocycles. The number of amides is 4. The Hall–Kier alpha value is -1.34. The van der Waals surface area contributed by atoms with Crippen LogP contribution in [0.1, 0.15) is 11.4 Å². The molecule has 0 unspecified atom stereocenters. The van der Waals surface area contributed by atoms with Gasteiger partial charge in [0.2, 0.25) is 0 Å². The number of aromatic nitrogens is 1. The quantitative estimate of drug-likeness (QED) is 0.575. The van der Waals surface area contributed by atoms with E-state index in [0.29, 0.717) is 11.4 Å². The molecule has 123 valence electrons. The molecule has 1 aromatic rings. The standard InChI is InChI=1S/C12H17N5O2.2ClH.Fe/c1-16(2)11(18)13-7-9-5-6-10(15-9)8-14-12(19)17(3)4;;;/h5-8H,1-4H3,(H,13,14,15,18,19);2*1H;/q;;;+3/p-3.